The zero-order valence-corrected chi connectivity index (χ0v) is 15.4. The molecule has 2 heterocycles. The molecule has 2 aliphatic heterocycles. The Kier molecular flexibility index (Phi) is 5.56. The summed E-state index contributed by atoms with van der Waals surface area (Å²) in [5.41, 5.74) is 1.17. The summed E-state index contributed by atoms with van der Waals surface area (Å²) >= 11 is 0. The third-order valence-corrected chi connectivity index (χ3v) is 6.85. The van der Waals surface area contributed by atoms with Crippen LogP contribution in [0, 0.1) is 0 Å². The molecule has 3 rings (SSSR count). The van der Waals surface area contributed by atoms with E-state index in [2.05, 4.69) is 15.1 Å². The summed E-state index contributed by atoms with van der Waals surface area (Å²) < 4.78 is 25.5. The van der Waals surface area contributed by atoms with Crippen molar-refractivity contribution in [3.05, 3.63) is 29.8 Å². The van der Waals surface area contributed by atoms with Crippen molar-refractivity contribution < 1.29 is 8.42 Å². The lowest BCUT2D eigenvalue weighted by Crippen LogP contribution is -2.49. The standard InChI is InChI=1S/C17H28N4O2S/c1-19(2)24(22,23)17-5-3-15(4-6-17)13-20-10-7-16(14-20)21-11-8-18-9-12-21/h3-6,16,18H,7-14H2,1-2H3. The highest BCUT2D eigenvalue weighted by molar-refractivity contribution is 7.89. The fourth-order valence-corrected chi connectivity index (χ4v) is 4.44. The minimum atomic E-state index is -3.34. The first-order valence-electron chi connectivity index (χ1n) is 8.65. The molecule has 2 fully saturated rings. The van der Waals surface area contributed by atoms with Crippen molar-refractivity contribution >= 4 is 10.0 Å². The van der Waals surface area contributed by atoms with Gasteiger partial charge in [-0.2, -0.15) is 0 Å². The second-order valence-corrected chi connectivity index (χ2v) is 9.05. The highest BCUT2D eigenvalue weighted by Gasteiger charge is 2.28. The Labute approximate surface area is 145 Å². The molecule has 24 heavy (non-hydrogen) atoms. The predicted octanol–water partition coefficient (Wildman–Crippen LogP) is 0.416. The van der Waals surface area contributed by atoms with Crippen molar-refractivity contribution in [1.82, 2.24) is 19.4 Å². The summed E-state index contributed by atoms with van der Waals surface area (Å²) in [6.07, 6.45) is 1.23. The smallest absolute Gasteiger partial charge is 0.242 e. The van der Waals surface area contributed by atoms with Crippen LogP contribution < -0.4 is 5.32 Å². The first kappa shape index (κ1) is 17.8. The van der Waals surface area contributed by atoms with Crippen LogP contribution in [-0.2, 0) is 16.6 Å². The van der Waals surface area contributed by atoms with Gasteiger partial charge < -0.3 is 5.32 Å². The summed E-state index contributed by atoms with van der Waals surface area (Å²) in [7, 11) is -0.219. The molecule has 0 bridgehead atoms. The molecular formula is C17H28N4O2S. The van der Waals surface area contributed by atoms with Crippen molar-refractivity contribution in [1.29, 1.82) is 0 Å². The van der Waals surface area contributed by atoms with Crippen molar-refractivity contribution in [2.24, 2.45) is 0 Å². The van der Waals surface area contributed by atoms with E-state index in [0.717, 1.165) is 45.8 Å². The van der Waals surface area contributed by atoms with E-state index in [1.54, 1.807) is 26.2 Å². The van der Waals surface area contributed by atoms with E-state index < -0.39 is 10.0 Å². The van der Waals surface area contributed by atoms with Gasteiger partial charge in [-0.25, -0.2) is 12.7 Å². The lowest BCUT2D eigenvalue weighted by atomic mass is 10.2. The first-order valence-corrected chi connectivity index (χ1v) is 10.1. The molecule has 0 saturated carbocycles. The van der Waals surface area contributed by atoms with E-state index in [9.17, 15) is 8.42 Å². The zero-order chi connectivity index (χ0) is 17.2. The molecule has 2 aliphatic rings. The van der Waals surface area contributed by atoms with Gasteiger partial charge in [0.25, 0.3) is 0 Å². The van der Waals surface area contributed by atoms with Crippen LogP contribution in [0.25, 0.3) is 0 Å². The maximum Gasteiger partial charge on any atom is 0.242 e. The Morgan fingerprint density at radius 1 is 1.12 bits per heavy atom. The normalized spacial score (nSPS) is 23.9. The number of nitrogens with zero attached hydrogens (tertiary/aromatic N) is 3. The number of sulfonamides is 1. The zero-order valence-electron chi connectivity index (χ0n) is 14.6. The second kappa shape index (κ2) is 7.49. The molecule has 1 aromatic rings. The Morgan fingerprint density at radius 2 is 1.79 bits per heavy atom. The summed E-state index contributed by atoms with van der Waals surface area (Å²) in [6.45, 7) is 7.61. The van der Waals surface area contributed by atoms with E-state index in [1.165, 1.54) is 16.3 Å². The predicted molar refractivity (Wildman–Crippen MR) is 95.4 cm³/mol. The number of nitrogens with one attached hydrogen (secondary N) is 1. The van der Waals surface area contributed by atoms with Crippen LogP contribution in [0.4, 0.5) is 0 Å². The summed E-state index contributed by atoms with van der Waals surface area (Å²) in [5.74, 6) is 0. The maximum atomic E-state index is 12.1. The van der Waals surface area contributed by atoms with E-state index in [0.29, 0.717) is 10.9 Å². The van der Waals surface area contributed by atoms with Gasteiger partial charge in [0.2, 0.25) is 10.0 Å². The van der Waals surface area contributed by atoms with Gasteiger partial charge in [0, 0.05) is 66.0 Å². The quantitative estimate of drug-likeness (QED) is 0.832. The Morgan fingerprint density at radius 3 is 2.42 bits per heavy atom. The highest BCUT2D eigenvalue weighted by atomic mass is 32.2. The fraction of sp³-hybridized carbons (Fsp3) is 0.647. The molecule has 1 atom stereocenters. The molecule has 1 N–H and O–H groups in total. The third kappa shape index (κ3) is 3.97. The van der Waals surface area contributed by atoms with E-state index in [1.807, 2.05) is 12.1 Å². The van der Waals surface area contributed by atoms with Crippen LogP contribution in [0.15, 0.2) is 29.2 Å². The van der Waals surface area contributed by atoms with Crippen molar-refractivity contribution in [3.8, 4) is 0 Å². The van der Waals surface area contributed by atoms with Crippen LogP contribution in [0.1, 0.15) is 12.0 Å². The molecule has 134 valence electrons. The average Bonchev–Trinajstić information content (AvgIpc) is 3.04. The van der Waals surface area contributed by atoms with E-state index in [4.69, 9.17) is 0 Å². The molecular weight excluding hydrogens is 324 g/mol. The number of benzene rings is 1. The summed E-state index contributed by atoms with van der Waals surface area (Å²) in [4.78, 5) is 5.43. The molecule has 0 aromatic heterocycles. The minimum Gasteiger partial charge on any atom is -0.314 e. The SMILES string of the molecule is CN(C)S(=O)(=O)c1ccc(CN2CCC(N3CCNCC3)C2)cc1. The molecule has 0 amide bonds. The molecule has 1 unspecified atom stereocenters. The van der Waals surface area contributed by atoms with Crippen LogP contribution in [0.3, 0.4) is 0 Å². The van der Waals surface area contributed by atoms with E-state index in [-0.39, 0.29) is 0 Å². The first-order chi connectivity index (χ1) is 11.5. The molecule has 2 saturated heterocycles. The van der Waals surface area contributed by atoms with Gasteiger partial charge >= 0.3 is 0 Å². The molecule has 1 aromatic carbocycles. The average molecular weight is 353 g/mol. The Balaban J connectivity index is 1.57. The molecule has 0 radical (unpaired) electrons. The van der Waals surface area contributed by atoms with Gasteiger partial charge in [-0.3, -0.25) is 9.80 Å². The van der Waals surface area contributed by atoms with Gasteiger partial charge in [-0.05, 0) is 24.1 Å². The molecule has 0 spiro atoms. The second-order valence-electron chi connectivity index (χ2n) is 6.89. The lowest BCUT2D eigenvalue weighted by molar-refractivity contribution is 0.170. The van der Waals surface area contributed by atoms with Gasteiger partial charge in [0.1, 0.15) is 0 Å². The van der Waals surface area contributed by atoms with Gasteiger partial charge in [0.15, 0.2) is 0 Å². The number of hydrogen-bond donors (Lipinski definition) is 1. The van der Waals surface area contributed by atoms with Crippen molar-refractivity contribution in [2.45, 2.75) is 23.9 Å². The summed E-state index contributed by atoms with van der Waals surface area (Å²) in [5, 5.41) is 3.41. The molecule has 0 aliphatic carbocycles. The minimum absolute atomic E-state index is 0.358. The topological polar surface area (TPSA) is 55.9 Å². The van der Waals surface area contributed by atoms with Crippen molar-refractivity contribution in [2.75, 3.05) is 53.4 Å². The Hall–Kier alpha value is -0.990. The summed E-state index contributed by atoms with van der Waals surface area (Å²) in [6, 6.07) is 7.98. The van der Waals surface area contributed by atoms with E-state index >= 15 is 0 Å². The lowest BCUT2D eigenvalue weighted by Gasteiger charge is -2.32. The maximum absolute atomic E-state index is 12.1. The number of rotatable bonds is 5. The van der Waals surface area contributed by atoms with Crippen molar-refractivity contribution in [3.63, 3.8) is 0 Å². The highest BCUT2D eigenvalue weighted by Crippen LogP contribution is 2.20. The third-order valence-electron chi connectivity index (χ3n) is 5.02. The number of piperazine rings is 1. The van der Waals surface area contributed by atoms with Gasteiger partial charge in [0.05, 0.1) is 4.90 Å². The van der Waals surface area contributed by atoms with Gasteiger partial charge in [-0.15, -0.1) is 0 Å². The van der Waals surface area contributed by atoms with Crippen LogP contribution >= 0.6 is 0 Å². The monoisotopic (exact) mass is 352 g/mol. The Bertz CT molecular complexity index is 639. The largest absolute Gasteiger partial charge is 0.314 e. The number of hydrogen-bond acceptors (Lipinski definition) is 5. The fourth-order valence-electron chi connectivity index (χ4n) is 3.54. The molecule has 6 nitrogen and oxygen atoms in total. The van der Waals surface area contributed by atoms with Gasteiger partial charge in [-0.1, -0.05) is 12.1 Å². The van der Waals surface area contributed by atoms with Crippen LogP contribution in [0.5, 0.6) is 0 Å². The number of likely N-dealkylation sites (tertiary alicyclic amines) is 1. The molecule has 7 heteroatoms. The van der Waals surface area contributed by atoms with Crippen LogP contribution in [0.2, 0.25) is 0 Å². The van der Waals surface area contributed by atoms with Crippen LogP contribution in [-0.4, -0.2) is 81.9 Å².